The number of nitrogens with one attached hydrogen (secondary N) is 1. The number of hydrogen-bond acceptors (Lipinski definition) is 3. The molecule has 0 atom stereocenters. The van der Waals surface area contributed by atoms with Crippen LogP contribution in [0.25, 0.3) is 6.08 Å². The van der Waals surface area contributed by atoms with Gasteiger partial charge in [-0.2, -0.15) is 8.78 Å². The second-order valence-electron chi connectivity index (χ2n) is 3.65. The maximum Gasteiger partial charge on any atom is 0.355 e. The molecule has 104 valence electrons. The molecule has 0 aliphatic rings. The van der Waals surface area contributed by atoms with E-state index in [1.807, 2.05) is 0 Å². The van der Waals surface area contributed by atoms with Crippen LogP contribution in [0.15, 0.2) is 24.3 Å². The van der Waals surface area contributed by atoms with Gasteiger partial charge in [0.2, 0.25) is 0 Å². The van der Waals surface area contributed by atoms with E-state index in [1.165, 1.54) is 24.3 Å². The number of aryl methyl sites for hydroxylation is 1. The van der Waals surface area contributed by atoms with E-state index in [2.05, 4.69) is 0 Å². The zero-order chi connectivity index (χ0) is 14.6. The third-order valence-electron chi connectivity index (χ3n) is 2.17. The number of aliphatic carboxylic acids is 1. The minimum Gasteiger partial charge on any atom is -0.478 e. The minimum absolute atomic E-state index is 0.00900. The maximum absolute atomic E-state index is 12.2. The van der Waals surface area contributed by atoms with E-state index in [-0.39, 0.29) is 5.69 Å². The smallest absolute Gasteiger partial charge is 0.355 e. The molecule has 8 heteroatoms. The molecule has 5 nitrogen and oxygen atoms in total. The molecule has 1 rings (SSSR count). The second kappa shape index (κ2) is 5.79. The lowest BCUT2D eigenvalue weighted by Crippen LogP contribution is -2.20. The van der Waals surface area contributed by atoms with Crippen LogP contribution in [0.4, 0.5) is 14.5 Å². The zero-order valence-corrected chi connectivity index (χ0v) is 10.6. The summed E-state index contributed by atoms with van der Waals surface area (Å²) in [7, 11) is -4.70. The van der Waals surface area contributed by atoms with Crippen LogP contribution in [0.1, 0.15) is 11.1 Å². The van der Waals surface area contributed by atoms with Crippen molar-refractivity contribution in [1.29, 1.82) is 0 Å². The maximum atomic E-state index is 12.2. The highest BCUT2D eigenvalue weighted by Gasteiger charge is 2.23. The fourth-order valence-corrected chi connectivity index (χ4v) is 1.84. The summed E-state index contributed by atoms with van der Waals surface area (Å²) in [5.41, 5.74) is 1.08. The van der Waals surface area contributed by atoms with Gasteiger partial charge in [0.15, 0.2) is 0 Å². The van der Waals surface area contributed by atoms with Crippen molar-refractivity contribution in [2.24, 2.45) is 0 Å². The summed E-state index contributed by atoms with van der Waals surface area (Å²) in [6.07, 6.45) is 2.24. The van der Waals surface area contributed by atoms with Gasteiger partial charge in [0, 0.05) is 11.8 Å². The number of anilines is 1. The number of carboxylic acid groups (broad SMARTS) is 1. The molecule has 0 heterocycles. The van der Waals surface area contributed by atoms with Crippen LogP contribution in [-0.4, -0.2) is 25.3 Å². The summed E-state index contributed by atoms with van der Waals surface area (Å²) in [6.45, 7) is 1.60. The van der Waals surface area contributed by atoms with Crippen LogP contribution in [0.2, 0.25) is 0 Å². The number of benzene rings is 1. The first-order valence-electron chi connectivity index (χ1n) is 5.04. The van der Waals surface area contributed by atoms with Gasteiger partial charge in [0.05, 0.1) is 0 Å². The van der Waals surface area contributed by atoms with Gasteiger partial charge in [-0.1, -0.05) is 6.07 Å². The van der Waals surface area contributed by atoms with Crippen molar-refractivity contribution in [2.45, 2.75) is 12.7 Å². The number of sulfonamides is 1. The third-order valence-corrected chi connectivity index (χ3v) is 3.16. The fourth-order valence-electron chi connectivity index (χ4n) is 1.30. The number of carboxylic acids is 1. The molecule has 0 aliphatic heterocycles. The average molecular weight is 291 g/mol. The standard InChI is InChI=1S/C11H11F2NO4S/c1-7-6-9(14-19(17,18)11(12)13)4-2-8(7)3-5-10(15)16/h2-6,11,14H,1H3,(H,15,16). The van der Waals surface area contributed by atoms with Crippen molar-refractivity contribution in [3.63, 3.8) is 0 Å². The van der Waals surface area contributed by atoms with Crippen LogP contribution in [0, 0.1) is 6.92 Å². The number of alkyl halides is 2. The van der Waals surface area contributed by atoms with Crippen LogP contribution in [0.3, 0.4) is 0 Å². The highest BCUT2D eigenvalue weighted by atomic mass is 32.2. The molecule has 0 fully saturated rings. The Kier molecular flexibility index (Phi) is 4.60. The Hall–Kier alpha value is -1.96. The first kappa shape index (κ1) is 15.1. The first-order chi connectivity index (χ1) is 8.72. The molecule has 0 saturated heterocycles. The number of halogens is 2. The van der Waals surface area contributed by atoms with Crippen LogP contribution >= 0.6 is 0 Å². The number of rotatable bonds is 5. The summed E-state index contributed by atoms with van der Waals surface area (Å²) in [5.74, 6) is -4.64. The lowest BCUT2D eigenvalue weighted by atomic mass is 10.1. The van der Waals surface area contributed by atoms with Crippen molar-refractivity contribution < 1.29 is 27.1 Å². The molecule has 0 unspecified atom stereocenters. The van der Waals surface area contributed by atoms with Gasteiger partial charge in [-0.15, -0.1) is 0 Å². The molecule has 1 aromatic rings. The molecule has 0 amide bonds. The Morgan fingerprint density at radius 3 is 2.53 bits per heavy atom. The van der Waals surface area contributed by atoms with Crippen LogP contribution in [-0.2, 0) is 14.8 Å². The molecule has 0 bridgehead atoms. The summed E-state index contributed by atoms with van der Waals surface area (Å²) in [6, 6.07) is 4.04. The van der Waals surface area contributed by atoms with Crippen molar-refractivity contribution in [3.05, 3.63) is 35.4 Å². The molecule has 0 aromatic heterocycles. The van der Waals surface area contributed by atoms with Crippen LogP contribution in [0.5, 0.6) is 0 Å². The number of hydrogen-bond donors (Lipinski definition) is 2. The van der Waals surface area contributed by atoms with Crippen molar-refractivity contribution in [2.75, 3.05) is 4.72 Å². The summed E-state index contributed by atoms with van der Waals surface area (Å²) >= 11 is 0. The highest BCUT2D eigenvalue weighted by Crippen LogP contribution is 2.19. The van der Waals surface area contributed by atoms with Gasteiger partial charge in [-0.25, -0.2) is 13.2 Å². The summed E-state index contributed by atoms with van der Waals surface area (Å²) in [4.78, 5) is 10.4. The summed E-state index contributed by atoms with van der Waals surface area (Å²) in [5, 5.41) is 8.47. The Morgan fingerprint density at radius 1 is 1.42 bits per heavy atom. The minimum atomic E-state index is -4.70. The molecule has 0 aliphatic carbocycles. The monoisotopic (exact) mass is 291 g/mol. The van der Waals surface area contributed by atoms with E-state index in [9.17, 15) is 22.0 Å². The lowest BCUT2D eigenvalue weighted by Gasteiger charge is -2.09. The van der Waals surface area contributed by atoms with Crippen molar-refractivity contribution >= 4 is 27.8 Å². The normalized spacial score (nSPS) is 12.0. The molecular formula is C11H11F2NO4S. The molecule has 0 saturated carbocycles. The van der Waals surface area contributed by atoms with E-state index in [0.717, 1.165) is 6.08 Å². The fraction of sp³-hybridized carbons (Fsp3) is 0.182. The van der Waals surface area contributed by atoms with Crippen molar-refractivity contribution in [1.82, 2.24) is 0 Å². The highest BCUT2D eigenvalue weighted by molar-refractivity contribution is 7.93. The van der Waals surface area contributed by atoms with Gasteiger partial charge in [-0.3, -0.25) is 4.72 Å². The molecule has 19 heavy (non-hydrogen) atoms. The van der Waals surface area contributed by atoms with Gasteiger partial charge < -0.3 is 5.11 Å². The van der Waals surface area contributed by atoms with E-state index in [0.29, 0.717) is 11.1 Å². The van der Waals surface area contributed by atoms with Crippen molar-refractivity contribution in [3.8, 4) is 0 Å². The Balaban J connectivity index is 2.98. The molecule has 0 spiro atoms. The SMILES string of the molecule is Cc1cc(NS(=O)(=O)C(F)F)ccc1C=CC(=O)O. The summed E-state index contributed by atoms with van der Waals surface area (Å²) < 4.78 is 48.0. The average Bonchev–Trinajstić information content (AvgIpc) is 2.26. The lowest BCUT2D eigenvalue weighted by molar-refractivity contribution is -0.131. The Labute approximate surface area is 108 Å². The largest absolute Gasteiger partial charge is 0.478 e. The van der Waals surface area contributed by atoms with Gasteiger partial charge in [0.25, 0.3) is 10.0 Å². The van der Waals surface area contributed by atoms with E-state index < -0.39 is 21.8 Å². The molecule has 2 N–H and O–H groups in total. The molecule has 0 radical (unpaired) electrons. The van der Waals surface area contributed by atoms with E-state index >= 15 is 0 Å². The molecule has 1 aromatic carbocycles. The molecular weight excluding hydrogens is 280 g/mol. The van der Waals surface area contributed by atoms with Crippen LogP contribution < -0.4 is 4.72 Å². The van der Waals surface area contributed by atoms with Gasteiger partial charge in [-0.05, 0) is 36.3 Å². The third kappa shape index (κ3) is 4.32. The topological polar surface area (TPSA) is 83.5 Å². The first-order valence-corrected chi connectivity index (χ1v) is 6.58. The van der Waals surface area contributed by atoms with E-state index in [1.54, 1.807) is 11.6 Å². The van der Waals surface area contributed by atoms with Gasteiger partial charge in [0.1, 0.15) is 0 Å². The Bertz CT molecular complexity index is 611. The van der Waals surface area contributed by atoms with Gasteiger partial charge >= 0.3 is 11.7 Å². The Morgan fingerprint density at radius 2 is 2.05 bits per heavy atom. The zero-order valence-electron chi connectivity index (χ0n) is 9.80. The van der Waals surface area contributed by atoms with E-state index in [4.69, 9.17) is 5.11 Å². The predicted molar refractivity (Wildman–Crippen MR) is 66.4 cm³/mol. The predicted octanol–water partition coefficient (Wildman–Crippen LogP) is 2.06. The second-order valence-corrected chi connectivity index (χ2v) is 5.30. The number of carbonyl (C=O) groups is 1. The quantitative estimate of drug-likeness (QED) is 0.813.